The average molecular weight is 303 g/mol. The van der Waals surface area contributed by atoms with Gasteiger partial charge in [-0.1, -0.05) is 12.1 Å². The van der Waals surface area contributed by atoms with E-state index in [2.05, 4.69) is 4.98 Å². The molecule has 104 valence electrons. The Morgan fingerprint density at radius 3 is 2.41 bits per heavy atom. The molecular weight excluding hydrogens is 294 g/mol. The van der Waals surface area contributed by atoms with Gasteiger partial charge in [0.05, 0.1) is 21.8 Å². The zero-order chi connectivity index (χ0) is 15.5. The molecule has 5 heteroatoms. The third kappa shape index (κ3) is 2.42. The van der Waals surface area contributed by atoms with Crippen molar-refractivity contribution < 1.29 is 5.11 Å². The van der Waals surface area contributed by atoms with Crippen molar-refractivity contribution in [2.45, 2.75) is 0 Å². The predicted molar refractivity (Wildman–Crippen MR) is 85.8 cm³/mol. The Labute approximate surface area is 130 Å². The van der Waals surface area contributed by atoms with E-state index in [-0.39, 0.29) is 11.3 Å². The number of para-hydroxylation sites is 1. The van der Waals surface area contributed by atoms with Crippen LogP contribution in [-0.4, -0.2) is 10.1 Å². The van der Waals surface area contributed by atoms with Gasteiger partial charge in [0, 0.05) is 5.56 Å². The van der Waals surface area contributed by atoms with Crippen molar-refractivity contribution in [3.63, 3.8) is 0 Å². The first kappa shape index (κ1) is 13.8. The summed E-state index contributed by atoms with van der Waals surface area (Å²) >= 11 is 1.36. The molecule has 0 atom stereocenters. The number of nitrogens with zero attached hydrogens (tertiary/aromatic N) is 3. The maximum Gasteiger partial charge on any atom is 0.143 e. The topological polar surface area (TPSA) is 80.7 Å². The number of aliphatic hydroxyl groups excluding tert-OH is 1. The molecule has 0 amide bonds. The maximum absolute atomic E-state index is 10.4. The van der Waals surface area contributed by atoms with Crippen LogP contribution >= 0.6 is 11.3 Å². The summed E-state index contributed by atoms with van der Waals surface area (Å²) < 4.78 is 0.956. The molecule has 2 aromatic carbocycles. The highest BCUT2D eigenvalue weighted by Crippen LogP contribution is 2.30. The van der Waals surface area contributed by atoms with E-state index in [1.165, 1.54) is 11.3 Å². The van der Waals surface area contributed by atoms with E-state index in [1.807, 2.05) is 36.4 Å². The first-order chi connectivity index (χ1) is 10.7. The number of hydrogen-bond donors (Lipinski definition) is 1. The lowest BCUT2D eigenvalue weighted by atomic mass is 10.1. The van der Waals surface area contributed by atoms with Gasteiger partial charge in [-0.15, -0.1) is 11.3 Å². The number of fused-ring (bicyclic) bond motifs is 1. The monoisotopic (exact) mass is 303 g/mol. The van der Waals surface area contributed by atoms with Crippen LogP contribution in [0.5, 0.6) is 0 Å². The van der Waals surface area contributed by atoms with Crippen molar-refractivity contribution in [3.05, 3.63) is 64.7 Å². The molecule has 0 saturated heterocycles. The van der Waals surface area contributed by atoms with Crippen LogP contribution in [0.2, 0.25) is 0 Å². The van der Waals surface area contributed by atoms with E-state index < -0.39 is 0 Å². The number of allylic oxidation sites excluding steroid dienone is 1. The van der Waals surface area contributed by atoms with Crippen LogP contribution in [0, 0.1) is 22.7 Å². The van der Waals surface area contributed by atoms with Gasteiger partial charge >= 0.3 is 0 Å². The second-order valence-electron chi connectivity index (χ2n) is 4.51. The third-order valence-electron chi connectivity index (χ3n) is 3.14. The fourth-order valence-electron chi connectivity index (χ4n) is 2.03. The molecule has 0 unspecified atom stereocenters. The second kappa shape index (κ2) is 5.69. The normalized spacial score (nSPS) is 11.5. The first-order valence-corrected chi connectivity index (χ1v) is 7.24. The molecule has 0 saturated carbocycles. The van der Waals surface area contributed by atoms with E-state index >= 15 is 0 Å². The number of thiazole rings is 1. The minimum Gasteiger partial charge on any atom is -0.506 e. The summed E-state index contributed by atoms with van der Waals surface area (Å²) in [6.45, 7) is 0. The minimum atomic E-state index is -0.133. The third-order valence-corrected chi connectivity index (χ3v) is 4.20. The lowest BCUT2D eigenvalue weighted by Gasteiger charge is -2.02. The summed E-state index contributed by atoms with van der Waals surface area (Å²) in [5.41, 5.74) is 1.90. The predicted octanol–water partition coefficient (Wildman–Crippen LogP) is 4.12. The summed E-state index contributed by atoms with van der Waals surface area (Å²) in [4.78, 5) is 4.39. The standard InChI is InChI=1S/C17H9N3OS/c18-9-11-5-7-12(8-6-11)16(21)13(10-19)17-20-14-3-1-2-4-15(14)22-17/h1-8,21H/b16-13-. The van der Waals surface area contributed by atoms with Gasteiger partial charge in [-0.3, -0.25) is 0 Å². The van der Waals surface area contributed by atoms with Crippen molar-refractivity contribution >= 4 is 32.9 Å². The van der Waals surface area contributed by atoms with Crippen molar-refractivity contribution in [1.82, 2.24) is 4.98 Å². The summed E-state index contributed by atoms with van der Waals surface area (Å²) in [6, 6.07) is 18.0. The fraction of sp³-hybridized carbons (Fsp3) is 0. The van der Waals surface area contributed by atoms with Crippen LogP contribution in [0.1, 0.15) is 16.1 Å². The number of nitriles is 2. The van der Waals surface area contributed by atoms with Crippen molar-refractivity contribution in [2.24, 2.45) is 0 Å². The summed E-state index contributed by atoms with van der Waals surface area (Å²) in [6.07, 6.45) is 0. The summed E-state index contributed by atoms with van der Waals surface area (Å²) in [5.74, 6) is -0.133. The molecule has 0 spiro atoms. The fourth-order valence-corrected chi connectivity index (χ4v) is 2.99. The molecule has 1 N–H and O–H groups in total. The highest BCUT2D eigenvalue weighted by Gasteiger charge is 2.15. The zero-order valence-corrected chi connectivity index (χ0v) is 12.1. The molecule has 1 aromatic heterocycles. The minimum absolute atomic E-state index is 0.130. The van der Waals surface area contributed by atoms with Crippen LogP contribution in [0.3, 0.4) is 0 Å². The Hall–Kier alpha value is -3.15. The maximum atomic E-state index is 10.4. The number of hydrogen-bond acceptors (Lipinski definition) is 5. The van der Waals surface area contributed by atoms with E-state index in [0.717, 1.165) is 10.2 Å². The number of aromatic nitrogens is 1. The van der Waals surface area contributed by atoms with Crippen molar-refractivity contribution in [1.29, 1.82) is 10.5 Å². The molecule has 0 fully saturated rings. The molecule has 0 aliphatic carbocycles. The van der Waals surface area contributed by atoms with Gasteiger partial charge in [0.2, 0.25) is 0 Å². The lowest BCUT2D eigenvalue weighted by molar-refractivity contribution is 0.514. The molecule has 0 aliphatic rings. The van der Waals surface area contributed by atoms with E-state index in [9.17, 15) is 10.4 Å². The Morgan fingerprint density at radius 1 is 1.05 bits per heavy atom. The van der Waals surface area contributed by atoms with Gasteiger partial charge in [0.25, 0.3) is 0 Å². The molecular formula is C17H9N3OS. The Bertz CT molecular complexity index is 923. The molecule has 4 nitrogen and oxygen atoms in total. The smallest absolute Gasteiger partial charge is 0.143 e. The molecule has 3 aromatic rings. The first-order valence-electron chi connectivity index (χ1n) is 6.42. The van der Waals surface area contributed by atoms with E-state index in [4.69, 9.17) is 5.26 Å². The number of rotatable bonds is 2. The second-order valence-corrected chi connectivity index (χ2v) is 5.54. The molecule has 1 heterocycles. The number of benzene rings is 2. The van der Waals surface area contributed by atoms with E-state index in [0.29, 0.717) is 16.1 Å². The SMILES string of the molecule is N#C/C(=C(/O)c1ccc(C#N)cc1)c1nc2ccccc2s1. The zero-order valence-electron chi connectivity index (χ0n) is 11.3. The molecule has 3 rings (SSSR count). The number of aliphatic hydroxyl groups is 1. The van der Waals surface area contributed by atoms with Gasteiger partial charge in [-0.2, -0.15) is 10.5 Å². The van der Waals surface area contributed by atoms with Gasteiger partial charge in [-0.25, -0.2) is 4.98 Å². The van der Waals surface area contributed by atoms with Crippen LogP contribution in [0.25, 0.3) is 21.5 Å². The molecule has 0 aliphatic heterocycles. The highest BCUT2D eigenvalue weighted by molar-refractivity contribution is 7.19. The van der Waals surface area contributed by atoms with E-state index in [1.54, 1.807) is 24.3 Å². The van der Waals surface area contributed by atoms with Crippen LogP contribution in [-0.2, 0) is 0 Å². The van der Waals surface area contributed by atoms with Crippen LogP contribution in [0.4, 0.5) is 0 Å². The Balaban J connectivity index is 2.11. The summed E-state index contributed by atoms with van der Waals surface area (Å²) in [7, 11) is 0. The van der Waals surface area contributed by atoms with Gasteiger partial charge < -0.3 is 5.11 Å². The molecule has 0 radical (unpaired) electrons. The largest absolute Gasteiger partial charge is 0.506 e. The van der Waals surface area contributed by atoms with Gasteiger partial charge in [-0.05, 0) is 36.4 Å². The average Bonchev–Trinajstić information content (AvgIpc) is 2.99. The quantitative estimate of drug-likeness (QED) is 0.570. The van der Waals surface area contributed by atoms with Crippen molar-refractivity contribution in [2.75, 3.05) is 0 Å². The molecule has 0 bridgehead atoms. The van der Waals surface area contributed by atoms with Crippen LogP contribution in [0.15, 0.2) is 48.5 Å². The lowest BCUT2D eigenvalue weighted by Crippen LogP contribution is -1.90. The van der Waals surface area contributed by atoms with Gasteiger partial charge in [0.15, 0.2) is 0 Å². The van der Waals surface area contributed by atoms with Gasteiger partial charge in [0.1, 0.15) is 22.4 Å². The summed E-state index contributed by atoms with van der Waals surface area (Å²) in [5, 5.41) is 29.0. The van der Waals surface area contributed by atoms with Crippen LogP contribution < -0.4 is 0 Å². The molecule has 22 heavy (non-hydrogen) atoms. The Kier molecular flexibility index (Phi) is 3.57. The van der Waals surface area contributed by atoms with Crippen molar-refractivity contribution in [3.8, 4) is 12.1 Å². The highest BCUT2D eigenvalue weighted by atomic mass is 32.1. The Morgan fingerprint density at radius 2 is 1.77 bits per heavy atom.